The molecule has 6 nitrogen and oxygen atoms in total. The molecule has 0 aliphatic carbocycles. The molecule has 1 aliphatic rings. The van der Waals surface area contributed by atoms with Crippen LogP contribution in [0.2, 0.25) is 0 Å². The van der Waals surface area contributed by atoms with Crippen molar-refractivity contribution >= 4 is 11.8 Å². The molecule has 0 unspecified atom stereocenters. The zero-order valence-electron chi connectivity index (χ0n) is 14.4. The molecule has 1 fully saturated rings. The van der Waals surface area contributed by atoms with Gasteiger partial charge in [0.05, 0.1) is 17.8 Å². The van der Waals surface area contributed by atoms with Crippen LogP contribution >= 0.6 is 0 Å². The molecular formula is C18H21FN4O2. The molecule has 1 aliphatic heterocycles. The lowest BCUT2D eigenvalue weighted by Crippen LogP contribution is -2.35. The Balaban J connectivity index is 1.79. The fraction of sp³-hybridized carbons (Fsp3) is 0.389. The molecule has 0 spiro atoms. The van der Waals surface area contributed by atoms with Gasteiger partial charge in [-0.1, -0.05) is 0 Å². The minimum atomic E-state index is -0.301. The number of amides is 2. The summed E-state index contributed by atoms with van der Waals surface area (Å²) in [5.74, 6) is -0.335. The van der Waals surface area contributed by atoms with E-state index in [1.807, 2.05) is 13.8 Å². The Kier molecular flexibility index (Phi) is 4.83. The summed E-state index contributed by atoms with van der Waals surface area (Å²) in [6.07, 6.45) is 0.575. The number of carbonyl (C=O) groups is 2. The van der Waals surface area contributed by atoms with Crippen molar-refractivity contribution in [2.75, 3.05) is 19.6 Å². The van der Waals surface area contributed by atoms with Crippen molar-refractivity contribution in [2.45, 2.75) is 26.7 Å². The summed E-state index contributed by atoms with van der Waals surface area (Å²) in [4.78, 5) is 25.7. The fourth-order valence-electron chi connectivity index (χ4n) is 3.04. The second-order valence-electron chi connectivity index (χ2n) is 6.20. The predicted molar refractivity (Wildman–Crippen MR) is 90.9 cm³/mol. The summed E-state index contributed by atoms with van der Waals surface area (Å²) in [6, 6.07) is 6.09. The van der Waals surface area contributed by atoms with Crippen LogP contribution in [0.3, 0.4) is 0 Å². The standard InChI is InChI=1S/C18H21FN4O2/c1-12-16(11-18(25)22-9-7-17(24)20-8-10-22)13(2)23(21-12)15-5-3-14(19)4-6-15/h3-6H,7-11H2,1-2H3,(H,20,24). The van der Waals surface area contributed by atoms with Crippen LogP contribution in [-0.2, 0) is 16.0 Å². The van der Waals surface area contributed by atoms with E-state index in [0.29, 0.717) is 26.1 Å². The van der Waals surface area contributed by atoms with Crippen LogP contribution in [0.25, 0.3) is 5.69 Å². The van der Waals surface area contributed by atoms with Gasteiger partial charge in [-0.3, -0.25) is 9.59 Å². The number of rotatable bonds is 3. The van der Waals surface area contributed by atoms with Crippen molar-refractivity contribution in [1.29, 1.82) is 0 Å². The molecular weight excluding hydrogens is 323 g/mol. The summed E-state index contributed by atoms with van der Waals surface area (Å²) in [7, 11) is 0. The van der Waals surface area contributed by atoms with Gasteiger partial charge < -0.3 is 10.2 Å². The van der Waals surface area contributed by atoms with E-state index in [1.165, 1.54) is 12.1 Å². The Bertz CT molecular complexity index is 798. The van der Waals surface area contributed by atoms with Gasteiger partial charge in [-0.25, -0.2) is 9.07 Å². The lowest BCUT2D eigenvalue weighted by molar-refractivity contribution is -0.130. The second kappa shape index (κ2) is 7.04. The normalized spacial score (nSPS) is 15.0. The molecule has 3 rings (SSSR count). The summed E-state index contributed by atoms with van der Waals surface area (Å²) < 4.78 is 14.8. The molecule has 7 heteroatoms. The summed E-state index contributed by atoms with van der Waals surface area (Å²) >= 11 is 0. The average Bonchev–Trinajstić information content (AvgIpc) is 2.76. The van der Waals surface area contributed by atoms with Crippen molar-refractivity contribution in [3.05, 3.63) is 47.0 Å². The zero-order chi connectivity index (χ0) is 18.0. The third-order valence-electron chi connectivity index (χ3n) is 4.51. The van der Waals surface area contributed by atoms with E-state index < -0.39 is 0 Å². The molecule has 132 valence electrons. The Morgan fingerprint density at radius 3 is 2.68 bits per heavy atom. The Morgan fingerprint density at radius 1 is 1.24 bits per heavy atom. The number of benzene rings is 1. The summed E-state index contributed by atoms with van der Waals surface area (Å²) in [5, 5.41) is 7.26. The monoisotopic (exact) mass is 344 g/mol. The van der Waals surface area contributed by atoms with Crippen LogP contribution in [0.5, 0.6) is 0 Å². The van der Waals surface area contributed by atoms with Gasteiger partial charge in [0.15, 0.2) is 0 Å². The highest BCUT2D eigenvalue weighted by Gasteiger charge is 2.22. The maximum Gasteiger partial charge on any atom is 0.227 e. The minimum absolute atomic E-state index is 0.0126. The van der Waals surface area contributed by atoms with Crippen LogP contribution in [0.4, 0.5) is 4.39 Å². The average molecular weight is 344 g/mol. The minimum Gasteiger partial charge on any atom is -0.354 e. The van der Waals surface area contributed by atoms with Gasteiger partial charge in [-0.2, -0.15) is 5.10 Å². The van der Waals surface area contributed by atoms with Gasteiger partial charge in [0.1, 0.15) is 5.82 Å². The SMILES string of the molecule is Cc1nn(-c2ccc(F)cc2)c(C)c1CC(=O)N1CCNC(=O)CC1. The molecule has 1 aromatic carbocycles. The van der Waals surface area contributed by atoms with Gasteiger partial charge >= 0.3 is 0 Å². The van der Waals surface area contributed by atoms with E-state index in [4.69, 9.17) is 0 Å². The highest BCUT2D eigenvalue weighted by molar-refractivity contribution is 5.81. The van der Waals surface area contributed by atoms with Crippen molar-refractivity contribution in [3.8, 4) is 5.69 Å². The first-order chi connectivity index (χ1) is 12.0. The quantitative estimate of drug-likeness (QED) is 0.918. The fourth-order valence-corrected chi connectivity index (χ4v) is 3.04. The molecule has 2 amide bonds. The van der Waals surface area contributed by atoms with Crippen molar-refractivity contribution < 1.29 is 14.0 Å². The topological polar surface area (TPSA) is 67.2 Å². The first kappa shape index (κ1) is 17.1. The maximum absolute atomic E-state index is 13.1. The Morgan fingerprint density at radius 2 is 1.96 bits per heavy atom. The molecule has 1 saturated heterocycles. The molecule has 1 aromatic heterocycles. The van der Waals surface area contributed by atoms with Crippen molar-refractivity contribution in [3.63, 3.8) is 0 Å². The molecule has 2 heterocycles. The number of hydrogen-bond donors (Lipinski definition) is 1. The number of carbonyl (C=O) groups excluding carboxylic acids is 2. The van der Waals surface area contributed by atoms with E-state index >= 15 is 0 Å². The van der Waals surface area contributed by atoms with Crippen molar-refractivity contribution in [1.82, 2.24) is 20.0 Å². The Labute approximate surface area is 145 Å². The molecule has 0 saturated carbocycles. The maximum atomic E-state index is 13.1. The highest BCUT2D eigenvalue weighted by atomic mass is 19.1. The van der Waals surface area contributed by atoms with E-state index in [9.17, 15) is 14.0 Å². The van der Waals surface area contributed by atoms with E-state index in [0.717, 1.165) is 22.6 Å². The molecule has 0 radical (unpaired) electrons. The highest BCUT2D eigenvalue weighted by Crippen LogP contribution is 2.19. The lowest BCUT2D eigenvalue weighted by atomic mass is 10.1. The molecule has 0 bridgehead atoms. The number of aromatic nitrogens is 2. The van der Waals surface area contributed by atoms with Crippen LogP contribution in [0.15, 0.2) is 24.3 Å². The lowest BCUT2D eigenvalue weighted by Gasteiger charge is -2.19. The van der Waals surface area contributed by atoms with Gasteiger partial charge in [0.25, 0.3) is 0 Å². The Hall–Kier alpha value is -2.70. The van der Waals surface area contributed by atoms with Gasteiger partial charge in [0, 0.05) is 37.3 Å². The third-order valence-corrected chi connectivity index (χ3v) is 4.51. The van der Waals surface area contributed by atoms with Crippen molar-refractivity contribution in [2.24, 2.45) is 0 Å². The number of aryl methyl sites for hydroxylation is 1. The van der Waals surface area contributed by atoms with E-state index in [-0.39, 0.29) is 24.1 Å². The first-order valence-electron chi connectivity index (χ1n) is 8.31. The van der Waals surface area contributed by atoms with Crippen LogP contribution < -0.4 is 5.32 Å². The van der Waals surface area contributed by atoms with Gasteiger partial charge in [0.2, 0.25) is 11.8 Å². The number of hydrogen-bond acceptors (Lipinski definition) is 3. The molecule has 25 heavy (non-hydrogen) atoms. The molecule has 0 atom stereocenters. The largest absolute Gasteiger partial charge is 0.354 e. The number of nitrogens with zero attached hydrogens (tertiary/aromatic N) is 3. The zero-order valence-corrected chi connectivity index (χ0v) is 14.4. The second-order valence-corrected chi connectivity index (χ2v) is 6.20. The van der Waals surface area contributed by atoms with Crippen LogP contribution in [0.1, 0.15) is 23.4 Å². The van der Waals surface area contributed by atoms with E-state index in [2.05, 4.69) is 10.4 Å². The van der Waals surface area contributed by atoms with Crippen LogP contribution in [-0.4, -0.2) is 46.1 Å². The van der Waals surface area contributed by atoms with Crippen LogP contribution in [0, 0.1) is 19.7 Å². The number of nitrogens with one attached hydrogen (secondary N) is 1. The van der Waals surface area contributed by atoms with Gasteiger partial charge in [-0.05, 0) is 38.1 Å². The summed E-state index contributed by atoms with van der Waals surface area (Å²) in [6.45, 7) is 5.21. The summed E-state index contributed by atoms with van der Waals surface area (Å²) in [5.41, 5.74) is 3.27. The molecule has 1 N–H and O–H groups in total. The van der Waals surface area contributed by atoms with Gasteiger partial charge in [-0.15, -0.1) is 0 Å². The smallest absolute Gasteiger partial charge is 0.227 e. The molecule has 2 aromatic rings. The third kappa shape index (κ3) is 3.70. The number of halogens is 1. The predicted octanol–water partition coefficient (Wildman–Crippen LogP) is 1.52. The first-order valence-corrected chi connectivity index (χ1v) is 8.31. The van der Waals surface area contributed by atoms with E-state index in [1.54, 1.807) is 21.7 Å².